The molecule has 7 heteroatoms. The van der Waals surface area contributed by atoms with E-state index in [1.165, 1.54) is 25.4 Å². The second kappa shape index (κ2) is 6.85. The zero-order valence-electron chi connectivity index (χ0n) is 11.7. The summed E-state index contributed by atoms with van der Waals surface area (Å²) in [5.74, 6) is -0.0582. The molecule has 2 aromatic rings. The molecule has 2 rings (SSSR count). The van der Waals surface area contributed by atoms with Crippen molar-refractivity contribution in [1.82, 2.24) is 10.3 Å². The number of carbonyl (C=O) groups is 2. The van der Waals surface area contributed by atoms with Crippen molar-refractivity contribution in [2.24, 2.45) is 0 Å². The number of anilines is 1. The maximum atomic E-state index is 11.1. The fraction of sp³-hybridized carbons (Fsp3) is 0.214. The van der Waals surface area contributed by atoms with E-state index < -0.39 is 6.09 Å². The first kappa shape index (κ1) is 15.0. The molecule has 0 aliphatic carbocycles. The SMILES string of the molecule is COC(=O)Nc1nc(-c2ccc(CNC(C)=O)cc2)cs1. The largest absolute Gasteiger partial charge is 0.453 e. The lowest BCUT2D eigenvalue weighted by molar-refractivity contribution is -0.119. The normalized spacial score (nSPS) is 10.0. The first-order valence-electron chi connectivity index (χ1n) is 6.22. The number of methoxy groups -OCH3 is 1. The molecule has 0 aliphatic heterocycles. The van der Waals surface area contributed by atoms with Gasteiger partial charge in [-0.2, -0.15) is 0 Å². The van der Waals surface area contributed by atoms with Gasteiger partial charge in [0, 0.05) is 24.4 Å². The quantitative estimate of drug-likeness (QED) is 0.910. The molecule has 110 valence electrons. The number of hydrogen-bond donors (Lipinski definition) is 2. The molecule has 0 unspecified atom stereocenters. The van der Waals surface area contributed by atoms with Gasteiger partial charge in [0.2, 0.25) is 5.91 Å². The minimum Gasteiger partial charge on any atom is -0.453 e. The van der Waals surface area contributed by atoms with Crippen molar-refractivity contribution in [3.63, 3.8) is 0 Å². The lowest BCUT2D eigenvalue weighted by Crippen LogP contribution is -2.18. The van der Waals surface area contributed by atoms with Crippen molar-refractivity contribution in [3.05, 3.63) is 35.2 Å². The van der Waals surface area contributed by atoms with Crippen LogP contribution < -0.4 is 10.6 Å². The maximum absolute atomic E-state index is 11.1. The molecule has 0 aliphatic rings. The van der Waals surface area contributed by atoms with E-state index in [0.29, 0.717) is 11.7 Å². The van der Waals surface area contributed by atoms with E-state index in [1.54, 1.807) is 0 Å². The molecule has 1 aromatic carbocycles. The molecule has 0 radical (unpaired) electrons. The lowest BCUT2D eigenvalue weighted by atomic mass is 10.1. The Labute approximate surface area is 126 Å². The van der Waals surface area contributed by atoms with Gasteiger partial charge < -0.3 is 10.1 Å². The molecular weight excluding hydrogens is 290 g/mol. The lowest BCUT2D eigenvalue weighted by Gasteiger charge is -2.03. The van der Waals surface area contributed by atoms with Gasteiger partial charge in [0.15, 0.2) is 5.13 Å². The van der Waals surface area contributed by atoms with Gasteiger partial charge in [0.25, 0.3) is 0 Å². The molecule has 6 nitrogen and oxygen atoms in total. The number of ether oxygens (including phenoxy) is 1. The standard InChI is InChI=1S/C14H15N3O3S/c1-9(18)15-7-10-3-5-11(6-4-10)12-8-21-13(16-12)17-14(19)20-2/h3-6,8H,7H2,1-2H3,(H,15,18)(H,16,17,19). The Morgan fingerprint density at radius 2 is 2.00 bits per heavy atom. The van der Waals surface area contributed by atoms with Crippen molar-refractivity contribution in [3.8, 4) is 11.3 Å². The number of nitrogens with one attached hydrogen (secondary N) is 2. The van der Waals surface area contributed by atoms with E-state index in [0.717, 1.165) is 16.8 Å². The van der Waals surface area contributed by atoms with Crippen LogP contribution >= 0.6 is 11.3 Å². The Morgan fingerprint density at radius 1 is 1.29 bits per heavy atom. The molecule has 2 N–H and O–H groups in total. The predicted molar refractivity (Wildman–Crippen MR) is 81.1 cm³/mol. The second-order valence-electron chi connectivity index (χ2n) is 4.26. The molecule has 1 heterocycles. The fourth-order valence-corrected chi connectivity index (χ4v) is 2.33. The highest BCUT2D eigenvalue weighted by Gasteiger charge is 2.07. The Kier molecular flexibility index (Phi) is 4.89. The zero-order chi connectivity index (χ0) is 15.2. The predicted octanol–water partition coefficient (Wildman–Crippen LogP) is 2.62. The summed E-state index contributed by atoms with van der Waals surface area (Å²) in [6, 6.07) is 7.71. The van der Waals surface area contributed by atoms with Crippen LogP contribution in [0.5, 0.6) is 0 Å². The Hall–Kier alpha value is -2.41. The van der Waals surface area contributed by atoms with Gasteiger partial charge in [-0.05, 0) is 5.56 Å². The Balaban J connectivity index is 2.05. The van der Waals surface area contributed by atoms with Crippen molar-refractivity contribution >= 4 is 28.5 Å². The first-order valence-corrected chi connectivity index (χ1v) is 7.10. The molecule has 21 heavy (non-hydrogen) atoms. The van der Waals surface area contributed by atoms with Crippen molar-refractivity contribution in [2.75, 3.05) is 12.4 Å². The summed E-state index contributed by atoms with van der Waals surface area (Å²) in [5.41, 5.74) is 2.73. The van der Waals surface area contributed by atoms with Crippen LogP contribution in [0.4, 0.5) is 9.93 Å². The first-order chi connectivity index (χ1) is 10.1. The molecule has 0 spiro atoms. The average molecular weight is 305 g/mol. The summed E-state index contributed by atoms with van der Waals surface area (Å²) in [6.45, 7) is 1.99. The maximum Gasteiger partial charge on any atom is 0.413 e. The molecule has 0 saturated heterocycles. The summed E-state index contributed by atoms with van der Waals surface area (Å²) in [6.07, 6.45) is -0.540. The molecule has 0 bridgehead atoms. The van der Waals surface area contributed by atoms with Gasteiger partial charge in [-0.25, -0.2) is 9.78 Å². The van der Waals surface area contributed by atoms with Gasteiger partial charge in [-0.1, -0.05) is 24.3 Å². The highest BCUT2D eigenvalue weighted by atomic mass is 32.1. The number of benzene rings is 1. The van der Waals surface area contributed by atoms with E-state index in [1.807, 2.05) is 29.6 Å². The minimum absolute atomic E-state index is 0.0582. The van der Waals surface area contributed by atoms with Crippen LogP contribution in [0.25, 0.3) is 11.3 Å². The molecule has 2 amide bonds. The van der Waals surface area contributed by atoms with Gasteiger partial charge in [-0.15, -0.1) is 11.3 Å². The third-order valence-electron chi connectivity index (χ3n) is 2.69. The minimum atomic E-state index is -0.540. The van der Waals surface area contributed by atoms with E-state index in [4.69, 9.17) is 0 Å². The number of carbonyl (C=O) groups excluding carboxylic acids is 2. The number of hydrogen-bond acceptors (Lipinski definition) is 5. The van der Waals surface area contributed by atoms with Gasteiger partial charge in [-0.3, -0.25) is 10.1 Å². The summed E-state index contributed by atoms with van der Waals surface area (Å²) in [7, 11) is 1.30. The third kappa shape index (κ3) is 4.28. The van der Waals surface area contributed by atoms with Crippen LogP contribution in [0.15, 0.2) is 29.6 Å². The van der Waals surface area contributed by atoms with Crippen LogP contribution in [0.3, 0.4) is 0 Å². The summed E-state index contributed by atoms with van der Waals surface area (Å²) in [4.78, 5) is 26.3. The monoisotopic (exact) mass is 305 g/mol. The number of rotatable bonds is 4. The third-order valence-corrected chi connectivity index (χ3v) is 3.45. The highest BCUT2D eigenvalue weighted by Crippen LogP contribution is 2.25. The molecule has 0 fully saturated rings. The van der Waals surface area contributed by atoms with Gasteiger partial charge in [0.05, 0.1) is 12.8 Å². The van der Waals surface area contributed by atoms with Crippen LogP contribution in [-0.2, 0) is 16.1 Å². The molecule has 1 aromatic heterocycles. The van der Waals surface area contributed by atoms with Crippen LogP contribution in [0.2, 0.25) is 0 Å². The van der Waals surface area contributed by atoms with Gasteiger partial charge >= 0.3 is 6.09 Å². The van der Waals surface area contributed by atoms with E-state index in [-0.39, 0.29) is 5.91 Å². The topological polar surface area (TPSA) is 80.3 Å². The Morgan fingerprint density at radius 3 is 2.62 bits per heavy atom. The van der Waals surface area contributed by atoms with E-state index in [2.05, 4.69) is 20.4 Å². The molecular formula is C14H15N3O3S. The van der Waals surface area contributed by atoms with E-state index in [9.17, 15) is 9.59 Å². The fourth-order valence-electron chi connectivity index (χ4n) is 1.62. The van der Waals surface area contributed by atoms with Crippen LogP contribution in [0, 0.1) is 0 Å². The van der Waals surface area contributed by atoms with E-state index >= 15 is 0 Å². The summed E-state index contributed by atoms with van der Waals surface area (Å²) < 4.78 is 4.51. The summed E-state index contributed by atoms with van der Waals surface area (Å²) in [5, 5.41) is 7.60. The summed E-state index contributed by atoms with van der Waals surface area (Å²) >= 11 is 1.33. The highest BCUT2D eigenvalue weighted by molar-refractivity contribution is 7.14. The van der Waals surface area contributed by atoms with Crippen LogP contribution in [0.1, 0.15) is 12.5 Å². The Bertz CT molecular complexity index is 637. The molecule has 0 atom stereocenters. The average Bonchev–Trinajstić information content (AvgIpc) is 2.94. The zero-order valence-corrected chi connectivity index (χ0v) is 12.5. The van der Waals surface area contributed by atoms with Crippen molar-refractivity contribution in [2.45, 2.75) is 13.5 Å². The number of nitrogens with zero attached hydrogens (tertiary/aromatic N) is 1. The van der Waals surface area contributed by atoms with Gasteiger partial charge in [0.1, 0.15) is 0 Å². The number of amides is 2. The second-order valence-corrected chi connectivity index (χ2v) is 5.12. The molecule has 0 saturated carbocycles. The van der Waals surface area contributed by atoms with Crippen molar-refractivity contribution in [1.29, 1.82) is 0 Å². The smallest absolute Gasteiger partial charge is 0.413 e. The van der Waals surface area contributed by atoms with Crippen molar-refractivity contribution < 1.29 is 14.3 Å². The number of aromatic nitrogens is 1. The number of thiazole rings is 1. The van der Waals surface area contributed by atoms with Crippen LogP contribution in [-0.4, -0.2) is 24.1 Å².